The van der Waals surface area contributed by atoms with E-state index in [4.69, 9.17) is 10.8 Å². The maximum Gasteiger partial charge on any atom is 0.368 e. The molecule has 0 bridgehead atoms. The van der Waals surface area contributed by atoms with E-state index in [2.05, 4.69) is 5.32 Å². The number of nitro groups is 2. The molecule has 0 aliphatic heterocycles. The molecule has 1 aromatic rings. The lowest BCUT2D eigenvalue weighted by Gasteiger charge is -2.08. The number of nitrogens with one attached hydrogen (secondary N) is 1. The Hall–Kier alpha value is -2.75. The zero-order valence-corrected chi connectivity index (χ0v) is 11.6. The molecule has 120 valence electrons. The van der Waals surface area contributed by atoms with E-state index in [0.717, 1.165) is 6.07 Å². The molecule has 0 amide bonds. The quantitative estimate of drug-likeness (QED) is 0.351. The predicted molar refractivity (Wildman–Crippen MR) is 77.7 cm³/mol. The van der Waals surface area contributed by atoms with Crippen LogP contribution >= 0.6 is 0 Å². The van der Waals surface area contributed by atoms with Crippen LogP contribution in [0, 0.1) is 20.2 Å². The second-order valence-electron chi connectivity index (χ2n) is 4.55. The van der Waals surface area contributed by atoms with E-state index >= 15 is 0 Å². The van der Waals surface area contributed by atoms with Gasteiger partial charge in [0.2, 0.25) is 0 Å². The summed E-state index contributed by atoms with van der Waals surface area (Å²) in [5.74, 6) is -1.08. The van der Waals surface area contributed by atoms with Crippen LogP contribution in [0.25, 0.3) is 0 Å². The minimum absolute atomic E-state index is 0.0572. The van der Waals surface area contributed by atoms with Gasteiger partial charge in [-0.15, -0.1) is 0 Å². The number of rotatable bonds is 9. The van der Waals surface area contributed by atoms with Crippen LogP contribution in [0.5, 0.6) is 0 Å². The first-order valence-electron chi connectivity index (χ1n) is 6.48. The Kier molecular flexibility index (Phi) is 6.20. The smallest absolute Gasteiger partial charge is 0.368 e. The number of nitro benzene ring substituents is 2. The molecule has 10 heteroatoms. The molecular formula is C12H16N4O6. The molecule has 10 nitrogen and oxygen atoms in total. The highest BCUT2D eigenvalue weighted by Gasteiger charge is 2.27. The number of hydrogen-bond donors (Lipinski definition) is 3. The van der Waals surface area contributed by atoms with E-state index in [1.807, 2.05) is 0 Å². The molecule has 0 spiro atoms. The van der Waals surface area contributed by atoms with Gasteiger partial charge in [0, 0.05) is 12.6 Å². The molecule has 0 saturated heterocycles. The fourth-order valence-corrected chi connectivity index (χ4v) is 1.85. The average Bonchev–Trinajstić information content (AvgIpc) is 2.45. The molecule has 0 unspecified atom stereocenters. The van der Waals surface area contributed by atoms with Crippen molar-refractivity contribution in [2.24, 2.45) is 5.73 Å². The Bertz CT molecular complexity index is 577. The summed E-state index contributed by atoms with van der Waals surface area (Å²) in [6.45, 7) is 0.314. The maximum atomic E-state index is 11.0. The Balaban J connectivity index is 2.63. The maximum absolute atomic E-state index is 11.0. The van der Waals surface area contributed by atoms with Crippen molar-refractivity contribution in [1.29, 1.82) is 0 Å². The largest absolute Gasteiger partial charge is 0.480 e. The van der Waals surface area contributed by atoms with Gasteiger partial charge in [0.15, 0.2) is 0 Å². The zero-order valence-electron chi connectivity index (χ0n) is 11.6. The molecule has 1 aromatic carbocycles. The highest BCUT2D eigenvalue weighted by Crippen LogP contribution is 2.34. The lowest BCUT2D eigenvalue weighted by atomic mass is 10.1. The number of hydrogen-bond acceptors (Lipinski definition) is 7. The van der Waals surface area contributed by atoms with Gasteiger partial charge in [0.1, 0.15) is 11.7 Å². The van der Waals surface area contributed by atoms with Crippen molar-refractivity contribution in [2.45, 2.75) is 25.3 Å². The number of anilines is 1. The summed E-state index contributed by atoms with van der Waals surface area (Å²) in [6.07, 6.45) is 1.33. The molecule has 1 atom stereocenters. The number of carboxylic acid groups (broad SMARTS) is 1. The van der Waals surface area contributed by atoms with Crippen LogP contribution in [-0.4, -0.2) is 33.5 Å². The van der Waals surface area contributed by atoms with E-state index < -0.39 is 33.2 Å². The van der Waals surface area contributed by atoms with Crippen molar-refractivity contribution >= 4 is 23.0 Å². The van der Waals surface area contributed by atoms with Crippen LogP contribution in [0.2, 0.25) is 0 Å². The van der Waals surface area contributed by atoms with Crippen molar-refractivity contribution in [1.82, 2.24) is 0 Å². The third kappa shape index (κ3) is 4.66. The molecule has 4 N–H and O–H groups in total. The van der Waals surface area contributed by atoms with Gasteiger partial charge in [0.25, 0.3) is 0 Å². The second kappa shape index (κ2) is 7.88. The van der Waals surface area contributed by atoms with Crippen LogP contribution < -0.4 is 11.1 Å². The molecule has 0 radical (unpaired) electrons. The normalized spacial score (nSPS) is 11.7. The summed E-state index contributed by atoms with van der Waals surface area (Å²) in [4.78, 5) is 30.7. The summed E-state index contributed by atoms with van der Waals surface area (Å²) in [5.41, 5.74) is 4.23. The van der Waals surface area contributed by atoms with Gasteiger partial charge in [-0.1, -0.05) is 6.07 Å². The molecule has 0 saturated carbocycles. The molecule has 22 heavy (non-hydrogen) atoms. The Labute approximate surface area is 125 Å². The van der Waals surface area contributed by atoms with Gasteiger partial charge < -0.3 is 16.2 Å². The SMILES string of the molecule is N[C@@H](CCCCNc1cccc([N+](=O)[O-])c1[N+](=O)[O-])C(=O)O. The van der Waals surface area contributed by atoms with Gasteiger partial charge in [-0.05, 0) is 25.3 Å². The molecule has 1 rings (SSSR count). The molecule has 0 aliphatic rings. The van der Waals surface area contributed by atoms with E-state index in [1.165, 1.54) is 12.1 Å². The second-order valence-corrected chi connectivity index (χ2v) is 4.55. The van der Waals surface area contributed by atoms with Gasteiger partial charge in [-0.2, -0.15) is 0 Å². The number of aliphatic carboxylic acids is 1. The van der Waals surface area contributed by atoms with Gasteiger partial charge in [-0.25, -0.2) is 0 Å². The summed E-state index contributed by atoms with van der Waals surface area (Å²) < 4.78 is 0. The highest BCUT2D eigenvalue weighted by molar-refractivity contribution is 5.73. The number of benzene rings is 1. The monoisotopic (exact) mass is 312 g/mol. The minimum Gasteiger partial charge on any atom is -0.480 e. The highest BCUT2D eigenvalue weighted by atomic mass is 16.6. The third-order valence-electron chi connectivity index (χ3n) is 2.97. The fourth-order valence-electron chi connectivity index (χ4n) is 1.85. The summed E-state index contributed by atoms with van der Waals surface area (Å²) >= 11 is 0. The third-order valence-corrected chi connectivity index (χ3v) is 2.97. The molecule has 0 fully saturated rings. The van der Waals surface area contributed by atoms with E-state index in [9.17, 15) is 25.0 Å². The van der Waals surface area contributed by atoms with Crippen LogP contribution in [0.3, 0.4) is 0 Å². The van der Waals surface area contributed by atoms with Crippen LogP contribution in [0.15, 0.2) is 18.2 Å². The van der Waals surface area contributed by atoms with E-state index in [-0.39, 0.29) is 12.1 Å². The topological polar surface area (TPSA) is 162 Å². The Morgan fingerprint density at radius 3 is 2.50 bits per heavy atom. The van der Waals surface area contributed by atoms with Crippen molar-refractivity contribution in [3.63, 3.8) is 0 Å². The van der Waals surface area contributed by atoms with Crippen LogP contribution in [0.4, 0.5) is 17.1 Å². The van der Waals surface area contributed by atoms with E-state index in [1.54, 1.807) is 0 Å². The fraction of sp³-hybridized carbons (Fsp3) is 0.417. The first kappa shape index (κ1) is 17.3. The minimum atomic E-state index is -1.08. The lowest BCUT2D eigenvalue weighted by molar-refractivity contribution is -0.421. The van der Waals surface area contributed by atoms with Gasteiger partial charge in [-0.3, -0.25) is 25.0 Å². The first-order valence-corrected chi connectivity index (χ1v) is 6.48. The Morgan fingerprint density at radius 1 is 1.27 bits per heavy atom. The van der Waals surface area contributed by atoms with Crippen molar-refractivity contribution < 1.29 is 19.7 Å². The standard InChI is InChI=1S/C12H16N4O6/c13-8(12(17)18)4-1-2-7-14-9-5-3-6-10(15(19)20)11(9)16(21)22/h3,5-6,8,14H,1-2,4,7,13H2,(H,17,18)/t8-/m0/s1. The predicted octanol–water partition coefficient (Wildman–Crippen LogP) is 1.50. The van der Waals surface area contributed by atoms with Crippen molar-refractivity contribution in [3.8, 4) is 0 Å². The number of unbranched alkanes of at least 4 members (excludes halogenated alkanes) is 1. The van der Waals surface area contributed by atoms with Gasteiger partial charge >= 0.3 is 17.3 Å². The number of nitrogens with zero attached hydrogens (tertiary/aromatic N) is 2. The number of carboxylic acids is 1. The first-order chi connectivity index (χ1) is 10.3. The van der Waals surface area contributed by atoms with E-state index in [0.29, 0.717) is 19.4 Å². The molecule has 0 aromatic heterocycles. The molecule has 0 aliphatic carbocycles. The molecular weight excluding hydrogens is 296 g/mol. The number of carbonyl (C=O) groups is 1. The summed E-state index contributed by atoms with van der Waals surface area (Å²) in [7, 11) is 0. The Morgan fingerprint density at radius 2 is 1.95 bits per heavy atom. The average molecular weight is 312 g/mol. The van der Waals surface area contributed by atoms with Crippen LogP contribution in [0.1, 0.15) is 19.3 Å². The summed E-state index contributed by atoms with van der Waals surface area (Å²) in [5, 5.41) is 33.2. The van der Waals surface area contributed by atoms with Gasteiger partial charge in [0.05, 0.1) is 9.85 Å². The zero-order chi connectivity index (χ0) is 16.7. The molecule has 0 heterocycles. The lowest BCUT2D eigenvalue weighted by Crippen LogP contribution is -2.29. The summed E-state index contributed by atoms with van der Waals surface area (Å²) in [6, 6.07) is 2.86. The van der Waals surface area contributed by atoms with Crippen molar-refractivity contribution in [3.05, 3.63) is 38.4 Å². The van der Waals surface area contributed by atoms with Crippen LogP contribution in [-0.2, 0) is 4.79 Å². The number of nitrogens with two attached hydrogens (primary N) is 1. The number of para-hydroxylation sites is 1. The van der Waals surface area contributed by atoms with Crippen molar-refractivity contribution in [2.75, 3.05) is 11.9 Å².